The number of piperidine rings is 1. The number of ether oxygens (including phenoxy) is 1. The first-order valence-corrected chi connectivity index (χ1v) is 9.65. The van der Waals surface area contributed by atoms with Crippen LogP contribution in [-0.2, 0) is 9.53 Å². The number of benzene rings is 2. The number of aromatic nitrogens is 1. The number of aryl methyl sites for hydroxylation is 1. The van der Waals surface area contributed by atoms with Gasteiger partial charge in [-0.25, -0.2) is 4.79 Å². The van der Waals surface area contributed by atoms with Crippen LogP contribution in [0.25, 0.3) is 11.1 Å². The molecule has 2 heterocycles. The number of carbonyl (C=O) groups is 2. The number of amides is 1. The largest absolute Gasteiger partial charge is 0.465 e. The van der Waals surface area contributed by atoms with Crippen LogP contribution < -0.4 is 10.2 Å². The van der Waals surface area contributed by atoms with Crippen molar-refractivity contribution in [2.75, 3.05) is 30.4 Å². The zero-order valence-electron chi connectivity index (χ0n) is 16.5. The molecule has 1 saturated heterocycles. The molecular weight excluding hydrogens is 370 g/mol. The van der Waals surface area contributed by atoms with E-state index >= 15 is 0 Å². The highest BCUT2D eigenvalue weighted by molar-refractivity contribution is 5.96. The average Bonchev–Trinajstić information content (AvgIpc) is 3.19. The van der Waals surface area contributed by atoms with E-state index in [2.05, 4.69) is 15.2 Å². The van der Waals surface area contributed by atoms with E-state index in [4.69, 9.17) is 9.15 Å². The maximum atomic E-state index is 12.8. The third kappa shape index (κ3) is 3.94. The van der Waals surface area contributed by atoms with Gasteiger partial charge in [0.1, 0.15) is 5.52 Å². The van der Waals surface area contributed by atoms with E-state index in [1.54, 1.807) is 18.2 Å². The van der Waals surface area contributed by atoms with Crippen molar-refractivity contribution in [2.24, 2.45) is 5.92 Å². The Kier molecular flexibility index (Phi) is 5.20. The molecule has 150 valence electrons. The zero-order valence-corrected chi connectivity index (χ0v) is 16.5. The summed E-state index contributed by atoms with van der Waals surface area (Å²) in [5, 5.41) is 2.97. The number of fused-ring (bicyclic) bond motifs is 1. The van der Waals surface area contributed by atoms with Gasteiger partial charge in [0.25, 0.3) is 6.01 Å². The number of hydrogen-bond acceptors (Lipinski definition) is 6. The topological polar surface area (TPSA) is 84.7 Å². The van der Waals surface area contributed by atoms with Gasteiger partial charge in [-0.05, 0) is 49.6 Å². The summed E-state index contributed by atoms with van der Waals surface area (Å²) in [5.41, 5.74) is 3.56. The fraction of sp³-hybridized carbons (Fsp3) is 0.318. The predicted octanol–water partition coefficient (Wildman–Crippen LogP) is 3.78. The maximum absolute atomic E-state index is 12.8. The van der Waals surface area contributed by atoms with Crippen molar-refractivity contribution in [3.05, 3.63) is 53.6 Å². The van der Waals surface area contributed by atoms with Crippen molar-refractivity contribution >= 4 is 34.7 Å². The summed E-state index contributed by atoms with van der Waals surface area (Å²) in [7, 11) is 1.34. The summed E-state index contributed by atoms with van der Waals surface area (Å²) in [6.07, 6.45) is 1.42. The van der Waals surface area contributed by atoms with Gasteiger partial charge in [0.05, 0.1) is 12.7 Å². The second kappa shape index (κ2) is 7.95. The average molecular weight is 393 g/mol. The number of methoxy groups -OCH3 is 1. The Hall–Kier alpha value is -3.35. The molecule has 0 aliphatic carbocycles. The lowest BCUT2D eigenvalue weighted by Gasteiger charge is -2.30. The van der Waals surface area contributed by atoms with Crippen LogP contribution in [0.1, 0.15) is 28.8 Å². The number of esters is 1. The molecular formula is C22H23N3O4. The second-order valence-corrected chi connectivity index (χ2v) is 7.24. The fourth-order valence-electron chi connectivity index (χ4n) is 3.56. The van der Waals surface area contributed by atoms with Crippen LogP contribution in [-0.4, -0.2) is 37.1 Å². The zero-order chi connectivity index (χ0) is 20.4. The molecule has 1 aromatic heterocycles. The summed E-state index contributed by atoms with van der Waals surface area (Å²) in [6, 6.07) is 13.4. The van der Waals surface area contributed by atoms with E-state index in [9.17, 15) is 9.59 Å². The molecule has 7 nitrogen and oxygen atoms in total. The molecule has 0 spiro atoms. The van der Waals surface area contributed by atoms with E-state index < -0.39 is 5.97 Å². The van der Waals surface area contributed by atoms with E-state index in [-0.39, 0.29) is 11.8 Å². The summed E-state index contributed by atoms with van der Waals surface area (Å²) in [6.45, 7) is 3.30. The quantitative estimate of drug-likeness (QED) is 0.679. The van der Waals surface area contributed by atoms with Crippen molar-refractivity contribution in [1.82, 2.24) is 4.98 Å². The Morgan fingerprint density at radius 1 is 1.17 bits per heavy atom. The Morgan fingerprint density at radius 3 is 2.66 bits per heavy atom. The van der Waals surface area contributed by atoms with Crippen molar-refractivity contribution < 1.29 is 18.7 Å². The third-order valence-electron chi connectivity index (χ3n) is 5.34. The summed E-state index contributed by atoms with van der Waals surface area (Å²) < 4.78 is 10.6. The van der Waals surface area contributed by atoms with Crippen molar-refractivity contribution in [3.63, 3.8) is 0 Å². The number of anilines is 2. The molecule has 0 saturated carbocycles. The molecule has 1 aliphatic rings. The molecule has 29 heavy (non-hydrogen) atoms. The van der Waals surface area contributed by atoms with Gasteiger partial charge in [-0.3, -0.25) is 4.79 Å². The predicted molar refractivity (Wildman–Crippen MR) is 110 cm³/mol. The van der Waals surface area contributed by atoms with Crippen LogP contribution in [0.3, 0.4) is 0 Å². The third-order valence-corrected chi connectivity index (χ3v) is 5.34. The van der Waals surface area contributed by atoms with E-state index in [1.807, 2.05) is 31.2 Å². The van der Waals surface area contributed by atoms with Gasteiger partial charge >= 0.3 is 5.97 Å². The number of nitrogens with one attached hydrogen (secondary N) is 1. The van der Waals surface area contributed by atoms with Gasteiger partial charge in [0.15, 0.2) is 5.58 Å². The smallest absolute Gasteiger partial charge is 0.337 e. The van der Waals surface area contributed by atoms with Gasteiger partial charge in [0, 0.05) is 24.7 Å². The van der Waals surface area contributed by atoms with Crippen molar-refractivity contribution in [2.45, 2.75) is 19.8 Å². The molecule has 1 N–H and O–H groups in total. The number of nitrogens with zero attached hydrogens (tertiary/aromatic N) is 2. The minimum absolute atomic E-state index is 0.0349. The van der Waals surface area contributed by atoms with Gasteiger partial charge in [-0.2, -0.15) is 4.98 Å². The summed E-state index contributed by atoms with van der Waals surface area (Å²) in [4.78, 5) is 31.1. The van der Waals surface area contributed by atoms with E-state index in [1.165, 1.54) is 7.11 Å². The molecule has 1 amide bonds. The highest BCUT2D eigenvalue weighted by Gasteiger charge is 2.27. The molecule has 1 fully saturated rings. The monoisotopic (exact) mass is 393 g/mol. The number of rotatable bonds is 4. The molecule has 7 heteroatoms. The normalized spacial score (nSPS) is 14.8. The molecule has 2 aromatic carbocycles. The first kappa shape index (κ1) is 19.0. The van der Waals surface area contributed by atoms with Gasteiger partial charge in [-0.15, -0.1) is 0 Å². The lowest BCUT2D eigenvalue weighted by atomic mass is 9.96. The molecule has 0 atom stereocenters. The van der Waals surface area contributed by atoms with Crippen LogP contribution >= 0.6 is 0 Å². The summed E-state index contributed by atoms with van der Waals surface area (Å²) >= 11 is 0. The van der Waals surface area contributed by atoms with Crippen LogP contribution in [0.4, 0.5) is 11.7 Å². The van der Waals surface area contributed by atoms with Crippen LogP contribution in [0.2, 0.25) is 0 Å². The maximum Gasteiger partial charge on any atom is 0.337 e. The van der Waals surface area contributed by atoms with Crippen LogP contribution in [0.5, 0.6) is 0 Å². The van der Waals surface area contributed by atoms with E-state index in [0.29, 0.717) is 43.2 Å². The molecule has 0 bridgehead atoms. The first-order valence-electron chi connectivity index (χ1n) is 9.65. The Balaban J connectivity index is 1.40. The number of oxazole rings is 1. The summed E-state index contributed by atoms with van der Waals surface area (Å²) in [5.74, 6) is -0.559. The molecule has 3 aromatic rings. The molecule has 0 radical (unpaired) electrons. The Labute approximate surface area is 168 Å². The van der Waals surface area contributed by atoms with Crippen LogP contribution in [0.15, 0.2) is 46.9 Å². The number of para-hydroxylation sites is 2. The molecule has 4 rings (SSSR count). The van der Waals surface area contributed by atoms with Crippen molar-refractivity contribution in [1.29, 1.82) is 0 Å². The second-order valence-electron chi connectivity index (χ2n) is 7.24. The fourth-order valence-corrected chi connectivity index (χ4v) is 3.56. The first-order chi connectivity index (χ1) is 14.0. The molecule has 0 unspecified atom stereocenters. The van der Waals surface area contributed by atoms with Gasteiger partial charge in [-0.1, -0.05) is 18.2 Å². The Morgan fingerprint density at radius 2 is 1.93 bits per heavy atom. The minimum Gasteiger partial charge on any atom is -0.465 e. The lowest BCUT2D eigenvalue weighted by Crippen LogP contribution is -2.38. The highest BCUT2D eigenvalue weighted by Crippen LogP contribution is 2.27. The standard InChI is InChI=1S/C22H23N3O4/c1-14-7-8-16(21(27)28-2)13-18(14)23-20(26)15-9-11-25(12-10-15)22-24-17-5-3-4-6-19(17)29-22/h3-8,13,15H,9-12H2,1-2H3,(H,23,26). The molecule has 1 aliphatic heterocycles. The van der Waals surface area contributed by atoms with Crippen molar-refractivity contribution in [3.8, 4) is 0 Å². The number of carbonyl (C=O) groups excluding carboxylic acids is 2. The SMILES string of the molecule is COC(=O)c1ccc(C)c(NC(=O)C2CCN(c3nc4ccccc4o3)CC2)c1. The highest BCUT2D eigenvalue weighted by atomic mass is 16.5. The minimum atomic E-state index is -0.424. The van der Waals surface area contributed by atoms with Gasteiger partial charge in [0.2, 0.25) is 5.91 Å². The van der Waals surface area contributed by atoms with Crippen LogP contribution in [0, 0.1) is 12.8 Å². The van der Waals surface area contributed by atoms with Gasteiger partial charge < -0.3 is 19.4 Å². The number of hydrogen-bond donors (Lipinski definition) is 1. The van der Waals surface area contributed by atoms with E-state index in [0.717, 1.165) is 16.7 Å². The lowest BCUT2D eigenvalue weighted by molar-refractivity contribution is -0.120. The Bertz CT molecular complexity index is 1020.